The Morgan fingerprint density at radius 1 is 1.06 bits per heavy atom. The highest BCUT2D eigenvalue weighted by molar-refractivity contribution is 7.90. The maximum atomic E-state index is 13.3. The van der Waals surface area contributed by atoms with Gasteiger partial charge in [-0.25, -0.2) is 21.6 Å². The van der Waals surface area contributed by atoms with Gasteiger partial charge in [-0.3, -0.25) is 4.79 Å². The fourth-order valence-electron chi connectivity index (χ4n) is 7.36. The first-order valence-electron chi connectivity index (χ1n) is 12.2. The van der Waals surface area contributed by atoms with E-state index in [-0.39, 0.29) is 33.8 Å². The van der Waals surface area contributed by atoms with Crippen LogP contribution < -0.4 is 10.0 Å². The van der Waals surface area contributed by atoms with Gasteiger partial charge in [0.2, 0.25) is 15.9 Å². The van der Waals surface area contributed by atoms with Crippen LogP contribution in [0, 0.1) is 23.2 Å². The molecule has 1 aliphatic heterocycles. The summed E-state index contributed by atoms with van der Waals surface area (Å²) in [5.41, 5.74) is -0.887. The SMILES string of the molecule is CS(=O)(=O)c1ccc(S(=O)(=O)NC23CC4CC(CC(NCC(=O)N5CCC[C@@H]5C#N)(C4)C2)C3)cc1. The molecule has 0 spiro atoms. The molecule has 11 heteroatoms. The third-order valence-electron chi connectivity index (χ3n) is 8.31. The Kier molecular flexibility index (Phi) is 6.02. The highest BCUT2D eigenvalue weighted by Crippen LogP contribution is 2.57. The van der Waals surface area contributed by atoms with Crippen molar-refractivity contribution in [2.45, 2.75) is 78.3 Å². The number of amides is 1. The standard InChI is InChI=1S/C24H32N4O5S2/c1-34(30,31)20-4-6-21(7-5-20)35(32,33)27-24-12-17-9-18(13-24)11-23(10-17,16-24)26-15-22(29)28-8-2-3-19(28)14-25/h4-7,17-19,26-27H,2-3,8-13,15-16H2,1H3/t17?,18?,19-,23?,24?/m1/s1. The van der Waals surface area contributed by atoms with E-state index in [0.29, 0.717) is 31.2 Å². The molecule has 5 fully saturated rings. The van der Waals surface area contributed by atoms with Crippen LogP contribution in [0.5, 0.6) is 0 Å². The summed E-state index contributed by atoms with van der Waals surface area (Å²) in [6.07, 6.45) is 7.72. The van der Waals surface area contributed by atoms with Gasteiger partial charge in [0.1, 0.15) is 6.04 Å². The third kappa shape index (κ3) is 4.73. The summed E-state index contributed by atoms with van der Waals surface area (Å²) < 4.78 is 53.1. The van der Waals surface area contributed by atoms with E-state index >= 15 is 0 Å². The topological polar surface area (TPSA) is 136 Å². The number of carbonyl (C=O) groups is 1. The summed E-state index contributed by atoms with van der Waals surface area (Å²) in [5.74, 6) is 0.700. The van der Waals surface area contributed by atoms with Crippen LogP contribution in [-0.2, 0) is 24.7 Å². The minimum Gasteiger partial charge on any atom is -0.326 e. The van der Waals surface area contributed by atoms with Crippen molar-refractivity contribution in [3.8, 4) is 6.07 Å². The molecule has 35 heavy (non-hydrogen) atoms. The molecule has 4 aliphatic carbocycles. The quantitative estimate of drug-likeness (QED) is 0.557. The smallest absolute Gasteiger partial charge is 0.241 e. The van der Waals surface area contributed by atoms with Gasteiger partial charge in [0.15, 0.2) is 9.84 Å². The zero-order valence-electron chi connectivity index (χ0n) is 19.9. The summed E-state index contributed by atoms with van der Waals surface area (Å²) in [5, 5.41) is 12.8. The molecule has 0 radical (unpaired) electrons. The van der Waals surface area contributed by atoms with E-state index in [1.807, 2.05) is 0 Å². The van der Waals surface area contributed by atoms with Crippen LogP contribution in [0.1, 0.15) is 51.4 Å². The van der Waals surface area contributed by atoms with Crippen LogP contribution in [0.2, 0.25) is 0 Å². The van der Waals surface area contributed by atoms with Gasteiger partial charge in [0.05, 0.1) is 22.4 Å². The number of benzene rings is 1. The van der Waals surface area contributed by atoms with Crippen molar-refractivity contribution in [3.63, 3.8) is 0 Å². The van der Waals surface area contributed by atoms with Gasteiger partial charge in [-0.1, -0.05) is 0 Å². The van der Waals surface area contributed by atoms with Gasteiger partial charge in [0.25, 0.3) is 0 Å². The number of rotatable bonds is 7. The van der Waals surface area contributed by atoms with Gasteiger partial charge in [0, 0.05) is 23.9 Å². The Hall–Kier alpha value is -2.00. The van der Waals surface area contributed by atoms with Crippen molar-refractivity contribution in [1.82, 2.24) is 14.9 Å². The van der Waals surface area contributed by atoms with Gasteiger partial charge < -0.3 is 10.2 Å². The second kappa shape index (κ2) is 8.54. The number of nitrogens with zero attached hydrogens (tertiary/aromatic N) is 2. The van der Waals surface area contributed by atoms with Crippen molar-refractivity contribution in [2.24, 2.45) is 11.8 Å². The van der Waals surface area contributed by atoms with Crippen LogP contribution in [-0.4, -0.2) is 64.1 Å². The van der Waals surface area contributed by atoms with Crippen molar-refractivity contribution in [3.05, 3.63) is 24.3 Å². The van der Waals surface area contributed by atoms with E-state index in [9.17, 15) is 26.9 Å². The highest BCUT2D eigenvalue weighted by atomic mass is 32.2. The number of nitriles is 1. The monoisotopic (exact) mass is 520 g/mol. The van der Waals surface area contributed by atoms with Gasteiger partial charge in [-0.15, -0.1) is 0 Å². The number of likely N-dealkylation sites (tertiary alicyclic amines) is 1. The minimum atomic E-state index is -3.85. The van der Waals surface area contributed by atoms with Crippen molar-refractivity contribution < 1.29 is 21.6 Å². The largest absolute Gasteiger partial charge is 0.326 e. The summed E-state index contributed by atoms with van der Waals surface area (Å²) in [6, 6.07) is 7.19. The van der Waals surface area contributed by atoms with E-state index in [0.717, 1.165) is 44.8 Å². The molecule has 1 amide bonds. The predicted octanol–water partition coefficient (Wildman–Crippen LogP) is 1.56. The van der Waals surface area contributed by atoms with E-state index in [4.69, 9.17) is 0 Å². The average molecular weight is 521 g/mol. The molecule has 2 unspecified atom stereocenters. The predicted molar refractivity (Wildman–Crippen MR) is 128 cm³/mol. The van der Waals surface area contributed by atoms with Crippen LogP contribution in [0.15, 0.2) is 34.1 Å². The molecule has 1 heterocycles. The lowest BCUT2D eigenvalue weighted by molar-refractivity contribution is -0.131. The molecule has 4 saturated carbocycles. The van der Waals surface area contributed by atoms with Crippen molar-refractivity contribution in [1.29, 1.82) is 5.26 Å². The number of hydrogen-bond acceptors (Lipinski definition) is 7. The second-order valence-corrected chi connectivity index (χ2v) is 14.8. The Morgan fingerprint density at radius 3 is 2.26 bits per heavy atom. The van der Waals surface area contributed by atoms with Crippen LogP contribution in [0.4, 0.5) is 0 Å². The van der Waals surface area contributed by atoms with Gasteiger partial charge in [-0.05, 0) is 87.5 Å². The Morgan fingerprint density at radius 2 is 1.66 bits per heavy atom. The van der Waals surface area contributed by atoms with E-state index in [1.54, 1.807) is 4.90 Å². The van der Waals surface area contributed by atoms with Crippen molar-refractivity contribution >= 4 is 25.8 Å². The molecule has 2 N–H and O–H groups in total. The molecule has 3 atom stereocenters. The van der Waals surface area contributed by atoms with E-state index < -0.39 is 25.4 Å². The number of sulfone groups is 1. The molecule has 6 rings (SSSR count). The van der Waals surface area contributed by atoms with Gasteiger partial charge >= 0.3 is 0 Å². The van der Waals surface area contributed by atoms with Crippen LogP contribution >= 0.6 is 0 Å². The lowest BCUT2D eigenvalue weighted by Crippen LogP contribution is -2.69. The molecular weight excluding hydrogens is 488 g/mol. The molecule has 1 aromatic carbocycles. The molecule has 5 aliphatic rings. The lowest BCUT2D eigenvalue weighted by Gasteiger charge is -2.62. The van der Waals surface area contributed by atoms with Gasteiger partial charge in [-0.2, -0.15) is 5.26 Å². The number of hydrogen-bond donors (Lipinski definition) is 2. The zero-order chi connectivity index (χ0) is 25.1. The molecule has 1 saturated heterocycles. The maximum Gasteiger partial charge on any atom is 0.241 e. The summed E-state index contributed by atoms with van der Waals surface area (Å²) in [7, 11) is -7.26. The Bertz CT molecular complexity index is 1260. The van der Waals surface area contributed by atoms with E-state index in [1.165, 1.54) is 24.3 Å². The minimum absolute atomic E-state index is 0.0504. The normalized spacial score (nSPS) is 34.2. The number of sulfonamides is 1. The third-order valence-corrected chi connectivity index (χ3v) is 11.0. The van der Waals surface area contributed by atoms with E-state index in [2.05, 4.69) is 16.1 Å². The number of carbonyl (C=O) groups excluding carboxylic acids is 1. The first-order valence-corrected chi connectivity index (χ1v) is 15.6. The molecular formula is C24H32N4O5S2. The maximum absolute atomic E-state index is 13.3. The lowest BCUT2D eigenvalue weighted by atomic mass is 9.50. The first-order chi connectivity index (χ1) is 16.4. The summed E-state index contributed by atoms with van der Waals surface area (Å²) >= 11 is 0. The van der Waals surface area contributed by atoms with Crippen LogP contribution in [0.25, 0.3) is 0 Å². The Balaban J connectivity index is 1.32. The summed E-state index contributed by atoms with van der Waals surface area (Å²) in [4.78, 5) is 14.6. The Labute approximate surface area is 207 Å². The first kappa shape index (κ1) is 24.7. The average Bonchev–Trinajstić information content (AvgIpc) is 3.24. The fourth-order valence-corrected chi connectivity index (χ4v) is 9.41. The molecule has 9 nitrogen and oxygen atoms in total. The highest BCUT2D eigenvalue weighted by Gasteiger charge is 2.58. The summed E-state index contributed by atoms with van der Waals surface area (Å²) in [6.45, 7) is 0.770. The molecule has 4 bridgehead atoms. The zero-order valence-corrected chi connectivity index (χ0v) is 21.5. The van der Waals surface area contributed by atoms with Crippen molar-refractivity contribution in [2.75, 3.05) is 19.3 Å². The molecule has 0 aromatic heterocycles. The van der Waals surface area contributed by atoms with Crippen LogP contribution in [0.3, 0.4) is 0 Å². The fraction of sp³-hybridized carbons (Fsp3) is 0.667. The number of nitrogens with one attached hydrogen (secondary N) is 2. The second-order valence-electron chi connectivity index (χ2n) is 11.1. The molecule has 1 aromatic rings. The molecule has 190 valence electrons.